The monoisotopic (exact) mass is 610 g/mol. The second-order valence-corrected chi connectivity index (χ2v) is 11.2. The standard InChI is InChI=1S/C34H50N4O6/c1-5-9-15-25-19-13-21-27(29(25)39)33(43)37-35-31(41)23(7-3)17-11-12-18-24(8-4)32(42)36-38-34(44)28-22-14-20-26(30(28)40)16-10-6-2/h13-14,19-24,39-40H,5-12,15-18H2,1-4H3,(H,35,41)(H,36,42)(H,37,43)(H,38,44). The smallest absolute Gasteiger partial charge is 0.273 e. The van der Waals surface area contributed by atoms with Gasteiger partial charge in [-0.25, -0.2) is 0 Å². The first-order valence-corrected chi connectivity index (χ1v) is 16.0. The molecule has 0 aliphatic carbocycles. The molecule has 0 aliphatic heterocycles. The Labute approximate surface area is 261 Å². The Balaban J connectivity index is 1.79. The first-order valence-electron chi connectivity index (χ1n) is 16.0. The molecule has 2 atom stereocenters. The van der Waals surface area contributed by atoms with Gasteiger partial charge in [-0.2, -0.15) is 0 Å². The summed E-state index contributed by atoms with van der Waals surface area (Å²) >= 11 is 0. The molecule has 0 heterocycles. The summed E-state index contributed by atoms with van der Waals surface area (Å²) in [5.41, 5.74) is 11.4. The SMILES string of the molecule is CCCCc1cccc(C(=O)NNC(=O)C(CC)CCCCC(CC)C(=O)NNC(=O)c2cccc(CCCC)c2O)c1O. The van der Waals surface area contributed by atoms with Crippen molar-refractivity contribution in [2.24, 2.45) is 11.8 Å². The van der Waals surface area contributed by atoms with Gasteiger partial charge in [-0.15, -0.1) is 0 Å². The Morgan fingerprint density at radius 3 is 1.32 bits per heavy atom. The summed E-state index contributed by atoms with van der Waals surface area (Å²) in [6, 6.07) is 10.0. The average Bonchev–Trinajstić information content (AvgIpc) is 3.03. The molecule has 2 rings (SSSR count). The summed E-state index contributed by atoms with van der Waals surface area (Å²) in [4.78, 5) is 50.7. The lowest BCUT2D eigenvalue weighted by Crippen LogP contribution is -2.44. The van der Waals surface area contributed by atoms with Crippen molar-refractivity contribution in [1.29, 1.82) is 0 Å². The van der Waals surface area contributed by atoms with Crippen molar-refractivity contribution < 1.29 is 29.4 Å². The molecule has 44 heavy (non-hydrogen) atoms. The number of carbonyl (C=O) groups is 4. The number of carbonyl (C=O) groups excluding carboxylic acids is 4. The van der Waals surface area contributed by atoms with E-state index in [1.807, 2.05) is 13.8 Å². The van der Waals surface area contributed by atoms with E-state index in [9.17, 15) is 29.4 Å². The zero-order chi connectivity index (χ0) is 32.5. The number of hydrogen-bond donors (Lipinski definition) is 6. The summed E-state index contributed by atoms with van der Waals surface area (Å²) in [5, 5.41) is 21.0. The number of hydrazine groups is 2. The highest BCUT2D eigenvalue weighted by Crippen LogP contribution is 2.25. The van der Waals surface area contributed by atoms with Crippen LogP contribution in [-0.2, 0) is 22.4 Å². The molecule has 242 valence electrons. The van der Waals surface area contributed by atoms with Crippen LogP contribution < -0.4 is 21.7 Å². The molecule has 4 amide bonds. The van der Waals surface area contributed by atoms with Crippen LogP contribution in [0.25, 0.3) is 0 Å². The number of benzene rings is 2. The largest absolute Gasteiger partial charge is 0.507 e. The van der Waals surface area contributed by atoms with Gasteiger partial charge >= 0.3 is 0 Å². The fourth-order valence-electron chi connectivity index (χ4n) is 5.09. The number of unbranched alkanes of at least 4 members (excludes halogenated alkanes) is 3. The van der Waals surface area contributed by atoms with Gasteiger partial charge < -0.3 is 10.2 Å². The lowest BCUT2D eigenvalue weighted by molar-refractivity contribution is -0.127. The van der Waals surface area contributed by atoms with Gasteiger partial charge in [0.05, 0.1) is 11.1 Å². The predicted molar refractivity (Wildman–Crippen MR) is 171 cm³/mol. The van der Waals surface area contributed by atoms with E-state index in [1.165, 1.54) is 12.1 Å². The molecular formula is C34H50N4O6. The topological polar surface area (TPSA) is 157 Å². The number of phenols is 2. The van der Waals surface area contributed by atoms with Crippen LogP contribution in [0.15, 0.2) is 36.4 Å². The normalized spacial score (nSPS) is 12.2. The predicted octanol–water partition coefficient (Wildman–Crippen LogP) is 5.62. The third kappa shape index (κ3) is 10.9. The van der Waals surface area contributed by atoms with Crippen LogP contribution in [0.5, 0.6) is 11.5 Å². The summed E-state index contributed by atoms with van der Waals surface area (Å²) in [7, 11) is 0. The Morgan fingerprint density at radius 2 is 0.977 bits per heavy atom. The molecule has 10 heteroatoms. The average molecular weight is 611 g/mol. The molecule has 2 aromatic carbocycles. The Morgan fingerprint density at radius 1 is 0.591 bits per heavy atom. The Kier molecular flexibility index (Phi) is 15.8. The van der Waals surface area contributed by atoms with E-state index in [1.54, 1.807) is 24.3 Å². The van der Waals surface area contributed by atoms with Gasteiger partial charge in [-0.3, -0.25) is 40.9 Å². The molecule has 0 fully saturated rings. The highest BCUT2D eigenvalue weighted by molar-refractivity contribution is 5.99. The van der Waals surface area contributed by atoms with Gasteiger partial charge in [0.25, 0.3) is 11.8 Å². The maximum absolute atomic E-state index is 12.7. The third-order valence-electron chi connectivity index (χ3n) is 8.01. The number of nitrogens with one attached hydrogen (secondary N) is 4. The van der Waals surface area contributed by atoms with Gasteiger partial charge in [-0.1, -0.05) is 77.6 Å². The van der Waals surface area contributed by atoms with Crippen molar-refractivity contribution in [3.05, 3.63) is 58.7 Å². The zero-order valence-corrected chi connectivity index (χ0v) is 26.6. The molecular weight excluding hydrogens is 560 g/mol. The molecule has 0 bridgehead atoms. The molecule has 0 aliphatic rings. The minimum atomic E-state index is -0.577. The minimum absolute atomic E-state index is 0.0661. The molecule has 10 nitrogen and oxygen atoms in total. The molecule has 0 saturated carbocycles. The minimum Gasteiger partial charge on any atom is -0.507 e. The number of aromatic hydroxyl groups is 2. The van der Waals surface area contributed by atoms with Gasteiger partial charge in [0.2, 0.25) is 11.8 Å². The van der Waals surface area contributed by atoms with Crippen LogP contribution in [0, 0.1) is 11.8 Å². The van der Waals surface area contributed by atoms with E-state index >= 15 is 0 Å². The van der Waals surface area contributed by atoms with Crippen LogP contribution >= 0.6 is 0 Å². The number of hydrogen-bond acceptors (Lipinski definition) is 6. The number of phenolic OH excluding ortho intramolecular Hbond substituents is 2. The van der Waals surface area contributed by atoms with Crippen molar-refractivity contribution in [3.8, 4) is 11.5 Å². The first kappa shape index (κ1) is 36.1. The van der Waals surface area contributed by atoms with Crippen LogP contribution in [0.4, 0.5) is 0 Å². The second-order valence-electron chi connectivity index (χ2n) is 11.2. The number of para-hydroxylation sites is 2. The lowest BCUT2D eigenvalue weighted by atomic mass is 9.94. The fourth-order valence-corrected chi connectivity index (χ4v) is 5.09. The number of amides is 4. The quantitative estimate of drug-likeness (QED) is 0.101. The van der Waals surface area contributed by atoms with Crippen molar-refractivity contribution in [2.45, 2.75) is 105 Å². The van der Waals surface area contributed by atoms with Gasteiger partial charge in [0.1, 0.15) is 11.5 Å². The Bertz CT molecular complexity index is 1150. The first-order chi connectivity index (χ1) is 21.2. The van der Waals surface area contributed by atoms with E-state index in [4.69, 9.17) is 0 Å². The van der Waals surface area contributed by atoms with Crippen molar-refractivity contribution in [2.75, 3.05) is 0 Å². The second kappa shape index (κ2) is 19.2. The zero-order valence-electron chi connectivity index (χ0n) is 26.6. The van der Waals surface area contributed by atoms with Crippen LogP contribution in [0.3, 0.4) is 0 Å². The fraction of sp³-hybridized carbons (Fsp3) is 0.529. The van der Waals surface area contributed by atoms with E-state index in [0.29, 0.717) is 62.5 Å². The molecule has 0 aromatic heterocycles. The summed E-state index contributed by atoms with van der Waals surface area (Å²) < 4.78 is 0. The van der Waals surface area contributed by atoms with Crippen LogP contribution in [-0.4, -0.2) is 33.8 Å². The van der Waals surface area contributed by atoms with E-state index in [2.05, 4.69) is 35.6 Å². The van der Waals surface area contributed by atoms with Gasteiger partial charge in [0, 0.05) is 11.8 Å². The van der Waals surface area contributed by atoms with Gasteiger partial charge in [-0.05, 0) is 74.6 Å². The third-order valence-corrected chi connectivity index (χ3v) is 8.01. The number of rotatable bonds is 17. The molecule has 6 N–H and O–H groups in total. The van der Waals surface area contributed by atoms with Gasteiger partial charge in [0.15, 0.2) is 0 Å². The highest BCUT2D eigenvalue weighted by atomic mass is 16.3. The maximum atomic E-state index is 12.7. The van der Waals surface area contributed by atoms with Crippen molar-refractivity contribution in [3.63, 3.8) is 0 Å². The highest BCUT2D eigenvalue weighted by Gasteiger charge is 2.21. The van der Waals surface area contributed by atoms with Crippen LogP contribution in [0.2, 0.25) is 0 Å². The molecule has 2 unspecified atom stereocenters. The Hall–Kier alpha value is -4.08. The van der Waals surface area contributed by atoms with Crippen molar-refractivity contribution >= 4 is 23.6 Å². The van der Waals surface area contributed by atoms with Crippen molar-refractivity contribution in [1.82, 2.24) is 21.7 Å². The van der Waals surface area contributed by atoms with Crippen LogP contribution in [0.1, 0.15) is 124 Å². The van der Waals surface area contributed by atoms with E-state index < -0.39 is 11.8 Å². The number of aryl methyl sites for hydroxylation is 2. The summed E-state index contributed by atoms with van der Waals surface area (Å²) in [6.07, 6.45) is 8.79. The maximum Gasteiger partial charge on any atom is 0.273 e. The van der Waals surface area contributed by atoms with E-state index in [0.717, 1.165) is 25.7 Å². The molecule has 0 spiro atoms. The lowest BCUT2D eigenvalue weighted by Gasteiger charge is -2.18. The molecule has 2 aromatic rings. The summed E-state index contributed by atoms with van der Waals surface area (Å²) in [6.45, 7) is 7.91. The molecule has 0 saturated heterocycles. The molecule has 0 radical (unpaired) electrons. The summed E-state index contributed by atoms with van der Waals surface area (Å²) in [5.74, 6) is -2.55. The van der Waals surface area contributed by atoms with E-state index in [-0.39, 0.29) is 46.3 Å².